The van der Waals surface area contributed by atoms with Gasteiger partial charge >= 0.3 is 0 Å². The van der Waals surface area contributed by atoms with E-state index in [4.69, 9.17) is 0 Å². The summed E-state index contributed by atoms with van der Waals surface area (Å²) in [6.07, 6.45) is 1.36. The van der Waals surface area contributed by atoms with Gasteiger partial charge in [0.05, 0.1) is 0 Å². The average Bonchev–Trinajstić information content (AvgIpc) is 1.81. The Labute approximate surface area is 92.5 Å². The van der Waals surface area contributed by atoms with E-state index in [9.17, 15) is 0 Å². The Hall–Kier alpha value is 0. The first-order chi connectivity index (χ1) is 6.07. The molecule has 0 nitrogen and oxygen atoms in total. The minimum absolute atomic E-state index is 0.500. The van der Waals surface area contributed by atoms with Crippen LogP contribution in [0.15, 0.2) is 0 Å². The van der Waals surface area contributed by atoms with Crippen LogP contribution in [-0.2, 0) is 0 Å². The molecule has 0 aromatic rings. The monoisotopic (exact) mass is 200 g/mol. The molecule has 0 aromatic carbocycles. The zero-order valence-electron chi connectivity index (χ0n) is 11.9. The molecule has 0 bridgehead atoms. The predicted octanol–water partition coefficient (Wildman–Crippen LogP) is 5.38. The van der Waals surface area contributed by atoms with Crippen molar-refractivity contribution in [2.24, 2.45) is 23.2 Å². The average molecular weight is 200 g/mol. The van der Waals surface area contributed by atoms with Crippen molar-refractivity contribution in [3.63, 3.8) is 0 Å². The van der Waals surface area contributed by atoms with Crippen LogP contribution in [-0.4, -0.2) is 0 Å². The first-order valence-electron chi connectivity index (χ1n) is 6.07. The van der Waals surface area contributed by atoms with Crippen molar-refractivity contribution in [3.8, 4) is 0 Å². The van der Waals surface area contributed by atoms with Crippen LogP contribution in [0.5, 0.6) is 0 Å². The molecule has 0 spiro atoms. The molecule has 0 aromatic heterocycles. The van der Waals surface area contributed by atoms with Crippen molar-refractivity contribution in [1.29, 1.82) is 0 Å². The van der Waals surface area contributed by atoms with Crippen LogP contribution in [0.2, 0.25) is 0 Å². The van der Waals surface area contributed by atoms with E-state index in [1.807, 2.05) is 0 Å². The van der Waals surface area contributed by atoms with Gasteiger partial charge in [-0.1, -0.05) is 62.3 Å². The molecule has 0 atom stereocenters. The van der Waals surface area contributed by atoms with Crippen LogP contribution >= 0.6 is 0 Å². The summed E-state index contributed by atoms with van der Waals surface area (Å²) in [6.45, 7) is 20.3. The summed E-state index contributed by atoms with van der Waals surface area (Å²) in [5, 5.41) is 0. The number of hydrogen-bond acceptors (Lipinski definition) is 0. The fraction of sp³-hybridized carbons (Fsp3) is 1.00. The zero-order chi connectivity index (χ0) is 11.9. The van der Waals surface area contributed by atoms with Crippen LogP contribution < -0.4 is 0 Å². The normalized spacial score (nSPS) is 12.0. The van der Waals surface area contributed by atoms with Gasteiger partial charge < -0.3 is 0 Å². The molecule has 0 unspecified atom stereocenters. The van der Waals surface area contributed by atoms with E-state index in [0.717, 1.165) is 17.8 Å². The van der Waals surface area contributed by atoms with Crippen molar-refractivity contribution < 1.29 is 0 Å². The predicted molar refractivity (Wildman–Crippen MR) is 68.6 cm³/mol. The van der Waals surface area contributed by atoms with Gasteiger partial charge in [0.2, 0.25) is 0 Å². The third kappa shape index (κ3) is 14.5. The van der Waals surface area contributed by atoms with Crippen molar-refractivity contribution in [1.82, 2.24) is 0 Å². The Morgan fingerprint density at radius 1 is 0.714 bits per heavy atom. The highest BCUT2D eigenvalue weighted by Gasteiger charge is 2.13. The molecule has 0 saturated carbocycles. The zero-order valence-corrected chi connectivity index (χ0v) is 11.9. The summed E-state index contributed by atoms with van der Waals surface area (Å²) in [4.78, 5) is 0. The fourth-order valence-corrected chi connectivity index (χ4v) is 0.943. The Morgan fingerprint density at radius 3 is 0.929 bits per heavy atom. The van der Waals surface area contributed by atoms with Crippen LogP contribution in [0.3, 0.4) is 0 Å². The molecular formula is C14H32. The first-order valence-corrected chi connectivity index (χ1v) is 6.07. The van der Waals surface area contributed by atoms with Crippen LogP contribution in [0.4, 0.5) is 0 Å². The highest BCUT2D eigenvalue weighted by Crippen LogP contribution is 2.23. The quantitative estimate of drug-likeness (QED) is 0.561. The number of rotatable bonds is 2. The summed E-state index contributed by atoms with van der Waals surface area (Å²) >= 11 is 0. The van der Waals surface area contributed by atoms with Gasteiger partial charge in [-0.05, 0) is 29.6 Å². The lowest BCUT2D eigenvalue weighted by Crippen LogP contribution is -2.12. The molecule has 0 amide bonds. The second-order valence-electron chi connectivity index (χ2n) is 6.54. The van der Waals surface area contributed by atoms with E-state index in [0.29, 0.717) is 5.41 Å². The Morgan fingerprint density at radius 2 is 0.929 bits per heavy atom. The van der Waals surface area contributed by atoms with E-state index in [1.54, 1.807) is 0 Å². The van der Waals surface area contributed by atoms with E-state index < -0.39 is 0 Å². The molecule has 0 aliphatic rings. The highest BCUT2D eigenvalue weighted by molar-refractivity contribution is 4.64. The van der Waals surface area contributed by atoms with Crippen molar-refractivity contribution in [2.75, 3.05) is 0 Å². The molecule has 14 heavy (non-hydrogen) atoms. The second kappa shape index (κ2) is 7.31. The maximum absolute atomic E-state index is 2.26. The summed E-state index contributed by atoms with van der Waals surface area (Å²) in [5.74, 6) is 2.55. The van der Waals surface area contributed by atoms with E-state index in [1.165, 1.54) is 6.42 Å². The lowest BCUT2D eigenvalue weighted by molar-refractivity contribution is 0.283. The Balaban J connectivity index is 0. The lowest BCUT2D eigenvalue weighted by atomic mass is 9.84. The van der Waals surface area contributed by atoms with Gasteiger partial charge in [-0.3, -0.25) is 0 Å². The largest absolute Gasteiger partial charge is 0.0628 e. The number of hydrogen-bond donors (Lipinski definition) is 0. The van der Waals surface area contributed by atoms with Gasteiger partial charge in [0.25, 0.3) is 0 Å². The third-order valence-electron chi connectivity index (χ3n) is 2.67. The molecule has 0 heterocycles. The molecule has 0 aliphatic carbocycles. The highest BCUT2D eigenvalue weighted by atomic mass is 14.2. The topological polar surface area (TPSA) is 0 Å². The van der Waals surface area contributed by atoms with Gasteiger partial charge in [-0.2, -0.15) is 0 Å². The summed E-state index contributed by atoms with van der Waals surface area (Å²) < 4.78 is 0. The smallest absolute Gasteiger partial charge is 0.0360 e. The SMILES string of the molecule is CC(C)C(C)(C)C.CC(C)CC(C)C. The third-order valence-corrected chi connectivity index (χ3v) is 2.67. The van der Waals surface area contributed by atoms with Gasteiger partial charge in [0, 0.05) is 0 Å². The molecule has 0 radical (unpaired) electrons. The maximum Gasteiger partial charge on any atom is -0.0360 e. The fourth-order valence-electron chi connectivity index (χ4n) is 0.943. The maximum atomic E-state index is 2.26. The summed E-state index contributed by atoms with van der Waals surface area (Å²) in [5.41, 5.74) is 0.500. The van der Waals surface area contributed by atoms with Gasteiger partial charge in [-0.25, -0.2) is 0 Å². The second-order valence-corrected chi connectivity index (χ2v) is 6.54. The first kappa shape index (κ1) is 16.4. The molecule has 88 valence electrons. The minimum Gasteiger partial charge on any atom is -0.0628 e. The Bertz CT molecular complexity index is 106. The van der Waals surface area contributed by atoms with Crippen molar-refractivity contribution >= 4 is 0 Å². The van der Waals surface area contributed by atoms with E-state index in [-0.39, 0.29) is 0 Å². The van der Waals surface area contributed by atoms with Crippen molar-refractivity contribution in [3.05, 3.63) is 0 Å². The van der Waals surface area contributed by atoms with Crippen molar-refractivity contribution in [2.45, 2.75) is 68.7 Å². The molecule has 0 fully saturated rings. The molecule has 0 rings (SSSR count). The van der Waals surface area contributed by atoms with E-state index >= 15 is 0 Å². The van der Waals surface area contributed by atoms with E-state index in [2.05, 4.69) is 62.3 Å². The minimum atomic E-state index is 0.500. The van der Waals surface area contributed by atoms with Gasteiger partial charge in [0.15, 0.2) is 0 Å². The molecule has 0 N–H and O–H groups in total. The molecule has 0 aliphatic heterocycles. The molecule has 0 saturated heterocycles. The molecular weight excluding hydrogens is 168 g/mol. The van der Waals surface area contributed by atoms with Gasteiger partial charge in [0.1, 0.15) is 0 Å². The lowest BCUT2D eigenvalue weighted by Gasteiger charge is -2.22. The Kier molecular flexibility index (Phi) is 8.58. The van der Waals surface area contributed by atoms with Crippen LogP contribution in [0.1, 0.15) is 68.7 Å². The molecule has 0 heteroatoms. The standard InChI is InChI=1S/2C7H16/c1-6(2)7(3,4)5;1-6(2)5-7(3)4/h6H,1-5H3;6-7H,5H2,1-4H3. The summed E-state index contributed by atoms with van der Waals surface area (Å²) in [6, 6.07) is 0. The van der Waals surface area contributed by atoms with Gasteiger partial charge in [-0.15, -0.1) is 0 Å². The summed E-state index contributed by atoms with van der Waals surface area (Å²) in [7, 11) is 0. The van der Waals surface area contributed by atoms with Crippen LogP contribution in [0.25, 0.3) is 0 Å². The van der Waals surface area contributed by atoms with Crippen LogP contribution in [0, 0.1) is 23.2 Å².